The van der Waals surface area contributed by atoms with Crippen molar-refractivity contribution in [3.63, 3.8) is 0 Å². The maximum atomic E-state index is 13.5. The zero-order valence-corrected chi connectivity index (χ0v) is 20.5. The minimum Gasteiger partial charge on any atom is -0.497 e. The Kier molecular flexibility index (Phi) is 6.55. The van der Waals surface area contributed by atoms with Gasteiger partial charge in [-0.1, -0.05) is 0 Å². The molecule has 0 aromatic heterocycles. The summed E-state index contributed by atoms with van der Waals surface area (Å²) in [6.45, 7) is 3.69. The molecule has 2 amide bonds. The predicted octanol–water partition coefficient (Wildman–Crippen LogP) is 2.79. The Labute approximate surface area is 199 Å². The summed E-state index contributed by atoms with van der Waals surface area (Å²) in [5.41, 5.74) is 2.01. The van der Waals surface area contributed by atoms with Gasteiger partial charge in [0.1, 0.15) is 17.5 Å². The van der Waals surface area contributed by atoms with Crippen molar-refractivity contribution in [1.29, 1.82) is 0 Å². The molecule has 2 heterocycles. The second-order valence-electron chi connectivity index (χ2n) is 8.60. The minimum atomic E-state index is -3.91. The number of carbonyl (C=O) groups is 2. The van der Waals surface area contributed by atoms with E-state index in [0.717, 1.165) is 11.3 Å². The van der Waals surface area contributed by atoms with Crippen LogP contribution in [0.25, 0.3) is 0 Å². The molecule has 182 valence electrons. The number of hydrogen-bond donors (Lipinski definition) is 1. The average molecular weight is 488 g/mol. The highest BCUT2D eigenvalue weighted by molar-refractivity contribution is 7.89. The summed E-state index contributed by atoms with van der Waals surface area (Å²) in [6, 6.07) is 8.95. The van der Waals surface area contributed by atoms with Gasteiger partial charge in [0.2, 0.25) is 21.8 Å². The van der Waals surface area contributed by atoms with E-state index in [-0.39, 0.29) is 23.4 Å². The van der Waals surface area contributed by atoms with Crippen molar-refractivity contribution >= 4 is 33.2 Å². The first kappa shape index (κ1) is 24.0. The van der Waals surface area contributed by atoms with E-state index >= 15 is 0 Å². The van der Waals surface area contributed by atoms with E-state index in [4.69, 9.17) is 9.47 Å². The molecule has 4 rings (SSSR count). The molecule has 1 fully saturated rings. The first-order valence-corrected chi connectivity index (χ1v) is 12.6. The molecule has 1 N–H and O–H groups in total. The quantitative estimate of drug-likeness (QED) is 0.672. The topological polar surface area (TPSA) is 105 Å². The molecule has 0 unspecified atom stereocenters. The SMILES string of the molecule is COc1cc(NC(=O)[C@@H]2CCCN2S(=O)(=O)c2ccc3c(c2)C[C@@H](C)N3C(C)=O)cc(OC)c1. The van der Waals surface area contributed by atoms with Crippen molar-refractivity contribution in [2.24, 2.45) is 0 Å². The van der Waals surface area contributed by atoms with Crippen LogP contribution in [0.1, 0.15) is 32.3 Å². The van der Waals surface area contributed by atoms with Crippen LogP contribution in [-0.2, 0) is 26.0 Å². The molecule has 2 aromatic rings. The van der Waals surface area contributed by atoms with Crippen LogP contribution in [0.2, 0.25) is 0 Å². The van der Waals surface area contributed by atoms with Crippen LogP contribution in [0.15, 0.2) is 41.3 Å². The van der Waals surface area contributed by atoms with Crippen LogP contribution in [0.4, 0.5) is 11.4 Å². The molecular weight excluding hydrogens is 458 g/mol. The van der Waals surface area contributed by atoms with Crippen molar-refractivity contribution in [2.45, 2.75) is 50.1 Å². The summed E-state index contributed by atoms with van der Waals surface area (Å²) >= 11 is 0. The Morgan fingerprint density at radius 2 is 1.74 bits per heavy atom. The fourth-order valence-electron chi connectivity index (χ4n) is 4.78. The van der Waals surface area contributed by atoms with Crippen LogP contribution < -0.4 is 19.7 Å². The van der Waals surface area contributed by atoms with Crippen molar-refractivity contribution < 1.29 is 27.5 Å². The fraction of sp³-hybridized carbons (Fsp3) is 0.417. The number of nitrogens with zero attached hydrogens (tertiary/aromatic N) is 2. The van der Waals surface area contributed by atoms with Crippen LogP contribution in [0.3, 0.4) is 0 Å². The van der Waals surface area contributed by atoms with Gasteiger partial charge in [-0.25, -0.2) is 8.42 Å². The number of rotatable bonds is 6. The number of ether oxygens (including phenoxy) is 2. The van der Waals surface area contributed by atoms with Crippen LogP contribution in [0, 0.1) is 0 Å². The summed E-state index contributed by atoms with van der Waals surface area (Å²) in [4.78, 5) is 26.9. The van der Waals surface area contributed by atoms with Crippen molar-refractivity contribution in [2.75, 3.05) is 31.0 Å². The van der Waals surface area contributed by atoms with Gasteiger partial charge in [0.05, 0.1) is 19.1 Å². The molecule has 2 aliphatic rings. The third-order valence-electron chi connectivity index (χ3n) is 6.34. The van der Waals surface area contributed by atoms with E-state index < -0.39 is 22.0 Å². The maximum Gasteiger partial charge on any atom is 0.243 e. The molecule has 1 saturated heterocycles. The zero-order chi connectivity index (χ0) is 24.6. The van der Waals surface area contributed by atoms with Crippen LogP contribution in [-0.4, -0.2) is 57.4 Å². The molecule has 2 aromatic carbocycles. The first-order chi connectivity index (χ1) is 16.1. The monoisotopic (exact) mass is 487 g/mol. The van der Waals surface area contributed by atoms with E-state index in [9.17, 15) is 18.0 Å². The number of benzene rings is 2. The minimum absolute atomic E-state index is 0.0318. The fourth-order valence-corrected chi connectivity index (χ4v) is 6.49. The lowest BCUT2D eigenvalue weighted by Crippen LogP contribution is -2.43. The molecule has 9 nitrogen and oxygen atoms in total. The maximum absolute atomic E-state index is 13.5. The number of fused-ring (bicyclic) bond motifs is 1. The number of carbonyl (C=O) groups excluding carboxylic acids is 2. The largest absolute Gasteiger partial charge is 0.497 e. The zero-order valence-electron chi connectivity index (χ0n) is 19.7. The Hall–Kier alpha value is -3.11. The highest BCUT2D eigenvalue weighted by atomic mass is 32.2. The van der Waals surface area contributed by atoms with E-state index in [1.807, 2.05) is 6.92 Å². The molecular formula is C24H29N3O6S. The second kappa shape index (κ2) is 9.27. The second-order valence-corrected chi connectivity index (χ2v) is 10.5. The molecule has 2 atom stereocenters. The lowest BCUT2D eigenvalue weighted by molar-refractivity contribution is -0.119. The summed E-state index contributed by atoms with van der Waals surface area (Å²) < 4.78 is 38.8. The van der Waals surface area contributed by atoms with Gasteiger partial charge in [-0.2, -0.15) is 4.31 Å². The number of nitrogens with one attached hydrogen (secondary N) is 1. The summed E-state index contributed by atoms with van der Waals surface area (Å²) in [5.74, 6) is 0.538. The van der Waals surface area contributed by atoms with Gasteiger partial charge in [0, 0.05) is 49.1 Å². The Morgan fingerprint density at radius 3 is 2.35 bits per heavy atom. The van der Waals surface area contributed by atoms with Crippen molar-refractivity contribution in [3.8, 4) is 11.5 Å². The van der Waals surface area contributed by atoms with Gasteiger partial charge in [-0.3, -0.25) is 9.59 Å². The van der Waals surface area contributed by atoms with E-state index in [1.165, 1.54) is 31.5 Å². The molecule has 0 radical (unpaired) electrons. The molecule has 10 heteroatoms. The molecule has 2 aliphatic heterocycles. The first-order valence-electron chi connectivity index (χ1n) is 11.1. The summed E-state index contributed by atoms with van der Waals surface area (Å²) in [6.07, 6.45) is 1.59. The van der Waals surface area contributed by atoms with Crippen molar-refractivity contribution in [1.82, 2.24) is 4.31 Å². The highest BCUT2D eigenvalue weighted by Gasteiger charge is 2.40. The predicted molar refractivity (Wildman–Crippen MR) is 128 cm³/mol. The number of methoxy groups -OCH3 is 2. The van der Waals surface area contributed by atoms with Gasteiger partial charge in [-0.15, -0.1) is 0 Å². The van der Waals surface area contributed by atoms with E-state index in [2.05, 4.69) is 5.32 Å². The Bertz CT molecular complexity index is 1210. The Morgan fingerprint density at radius 1 is 1.06 bits per heavy atom. The van der Waals surface area contributed by atoms with E-state index in [1.54, 1.807) is 35.2 Å². The third-order valence-corrected chi connectivity index (χ3v) is 8.24. The van der Waals surface area contributed by atoms with Gasteiger partial charge >= 0.3 is 0 Å². The average Bonchev–Trinajstić information content (AvgIpc) is 3.42. The number of amides is 2. The molecule has 0 bridgehead atoms. The normalized spacial score (nSPS) is 20.2. The van der Waals surface area contributed by atoms with Crippen LogP contribution in [0.5, 0.6) is 11.5 Å². The molecule has 34 heavy (non-hydrogen) atoms. The summed E-state index contributed by atoms with van der Waals surface area (Å²) in [7, 11) is -0.883. The van der Waals surface area contributed by atoms with Gasteiger partial charge in [0.15, 0.2) is 0 Å². The highest BCUT2D eigenvalue weighted by Crippen LogP contribution is 2.36. The number of hydrogen-bond acceptors (Lipinski definition) is 6. The molecule has 0 spiro atoms. The standard InChI is InChI=1S/C24H29N3O6S/c1-15-10-17-11-21(7-8-22(17)27(15)16(2)28)34(30,31)26-9-5-6-23(26)24(29)25-18-12-19(32-3)14-20(13-18)33-4/h7-8,11-15,23H,5-6,9-10H2,1-4H3,(H,25,29)/t15-,23+/m1/s1. The number of sulfonamides is 1. The Balaban J connectivity index is 1.58. The van der Waals surface area contributed by atoms with Crippen molar-refractivity contribution in [3.05, 3.63) is 42.0 Å². The van der Waals surface area contributed by atoms with Gasteiger partial charge in [-0.05, 0) is 49.9 Å². The lowest BCUT2D eigenvalue weighted by Gasteiger charge is -2.24. The van der Waals surface area contributed by atoms with Gasteiger partial charge < -0.3 is 19.7 Å². The number of anilines is 2. The van der Waals surface area contributed by atoms with Crippen LogP contribution >= 0.6 is 0 Å². The molecule has 0 aliphatic carbocycles. The smallest absolute Gasteiger partial charge is 0.243 e. The third kappa shape index (κ3) is 4.35. The lowest BCUT2D eigenvalue weighted by atomic mass is 10.1. The van der Waals surface area contributed by atoms with Gasteiger partial charge in [0.25, 0.3) is 0 Å². The summed E-state index contributed by atoms with van der Waals surface area (Å²) in [5, 5.41) is 2.80. The van der Waals surface area contributed by atoms with E-state index in [0.29, 0.717) is 36.4 Å². The molecule has 0 saturated carbocycles.